The first-order chi connectivity index (χ1) is 6.72. The SMILES string of the molecule is C#CCC(C)NCc1cccc(C)c1. The first-order valence-corrected chi connectivity index (χ1v) is 4.94. The van der Waals surface area contributed by atoms with Crippen LogP contribution in [0, 0.1) is 19.3 Å². The fourth-order valence-electron chi connectivity index (χ4n) is 1.36. The Morgan fingerprint density at radius 2 is 2.29 bits per heavy atom. The molecule has 1 aromatic carbocycles. The van der Waals surface area contributed by atoms with Crippen LogP contribution >= 0.6 is 0 Å². The minimum Gasteiger partial charge on any atom is -0.309 e. The Kier molecular flexibility index (Phi) is 4.22. The first-order valence-electron chi connectivity index (χ1n) is 4.94. The van der Waals surface area contributed by atoms with Crippen LogP contribution in [0.5, 0.6) is 0 Å². The van der Waals surface area contributed by atoms with E-state index in [0.29, 0.717) is 6.04 Å². The van der Waals surface area contributed by atoms with Gasteiger partial charge in [-0.1, -0.05) is 29.8 Å². The summed E-state index contributed by atoms with van der Waals surface area (Å²) in [4.78, 5) is 0. The van der Waals surface area contributed by atoms with Gasteiger partial charge < -0.3 is 5.32 Å². The second-order valence-corrected chi connectivity index (χ2v) is 3.68. The third-order valence-corrected chi connectivity index (χ3v) is 2.16. The second kappa shape index (κ2) is 5.47. The van der Waals surface area contributed by atoms with E-state index in [1.165, 1.54) is 11.1 Å². The van der Waals surface area contributed by atoms with E-state index >= 15 is 0 Å². The summed E-state index contributed by atoms with van der Waals surface area (Å²) in [6.45, 7) is 5.11. The summed E-state index contributed by atoms with van der Waals surface area (Å²) in [5.74, 6) is 2.65. The molecule has 0 spiro atoms. The Morgan fingerprint density at radius 3 is 2.93 bits per heavy atom. The molecular formula is C13H17N. The van der Waals surface area contributed by atoms with Gasteiger partial charge in [-0.25, -0.2) is 0 Å². The van der Waals surface area contributed by atoms with Crippen molar-refractivity contribution in [3.8, 4) is 12.3 Å². The summed E-state index contributed by atoms with van der Waals surface area (Å²) in [7, 11) is 0. The van der Waals surface area contributed by atoms with Gasteiger partial charge in [0.05, 0.1) is 0 Å². The van der Waals surface area contributed by atoms with Crippen molar-refractivity contribution in [1.29, 1.82) is 0 Å². The van der Waals surface area contributed by atoms with E-state index in [0.717, 1.165) is 13.0 Å². The lowest BCUT2D eigenvalue weighted by Crippen LogP contribution is -2.24. The minimum absolute atomic E-state index is 0.389. The van der Waals surface area contributed by atoms with Crippen LogP contribution in [-0.2, 0) is 6.54 Å². The Balaban J connectivity index is 2.42. The first kappa shape index (κ1) is 10.8. The lowest BCUT2D eigenvalue weighted by atomic mass is 10.1. The molecule has 0 aromatic heterocycles. The molecule has 0 fully saturated rings. The molecule has 1 atom stereocenters. The van der Waals surface area contributed by atoms with Crippen LogP contribution in [0.2, 0.25) is 0 Å². The van der Waals surface area contributed by atoms with Crippen LogP contribution in [-0.4, -0.2) is 6.04 Å². The van der Waals surface area contributed by atoms with E-state index in [4.69, 9.17) is 6.42 Å². The Hall–Kier alpha value is -1.26. The van der Waals surface area contributed by atoms with Crippen LogP contribution in [0.15, 0.2) is 24.3 Å². The molecule has 0 aliphatic rings. The molecule has 1 aromatic rings. The van der Waals surface area contributed by atoms with Gasteiger partial charge in [-0.3, -0.25) is 0 Å². The van der Waals surface area contributed by atoms with Crippen molar-refractivity contribution in [2.45, 2.75) is 32.9 Å². The third-order valence-electron chi connectivity index (χ3n) is 2.16. The Morgan fingerprint density at radius 1 is 1.50 bits per heavy atom. The molecule has 0 saturated carbocycles. The molecular weight excluding hydrogens is 170 g/mol. The maximum absolute atomic E-state index is 5.23. The van der Waals surface area contributed by atoms with Gasteiger partial charge >= 0.3 is 0 Å². The highest BCUT2D eigenvalue weighted by atomic mass is 14.9. The molecule has 1 rings (SSSR count). The van der Waals surface area contributed by atoms with Crippen molar-refractivity contribution in [3.63, 3.8) is 0 Å². The molecule has 74 valence electrons. The van der Waals surface area contributed by atoms with E-state index < -0.39 is 0 Å². The lowest BCUT2D eigenvalue weighted by Gasteiger charge is -2.10. The molecule has 1 unspecified atom stereocenters. The van der Waals surface area contributed by atoms with Gasteiger partial charge in [0.15, 0.2) is 0 Å². The van der Waals surface area contributed by atoms with Gasteiger partial charge in [-0.15, -0.1) is 12.3 Å². The maximum atomic E-state index is 5.23. The second-order valence-electron chi connectivity index (χ2n) is 3.68. The topological polar surface area (TPSA) is 12.0 Å². The predicted molar refractivity (Wildman–Crippen MR) is 60.9 cm³/mol. The molecule has 0 aliphatic heterocycles. The molecule has 1 heteroatoms. The molecule has 0 heterocycles. The normalized spacial score (nSPS) is 12.1. The largest absolute Gasteiger partial charge is 0.309 e. The summed E-state index contributed by atoms with van der Waals surface area (Å²) < 4.78 is 0. The fraction of sp³-hybridized carbons (Fsp3) is 0.385. The van der Waals surface area contributed by atoms with Gasteiger partial charge in [-0.05, 0) is 19.4 Å². The van der Waals surface area contributed by atoms with Crippen LogP contribution in [0.25, 0.3) is 0 Å². The minimum atomic E-state index is 0.389. The molecule has 0 amide bonds. The van der Waals surface area contributed by atoms with Gasteiger partial charge in [0, 0.05) is 19.0 Å². The molecule has 1 nitrogen and oxygen atoms in total. The van der Waals surface area contributed by atoms with E-state index in [1.807, 2.05) is 0 Å². The maximum Gasteiger partial charge on any atom is 0.0238 e. The monoisotopic (exact) mass is 187 g/mol. The average Bonchev–Trinajstić information content (AvgIpc) is 2.15. The lowest BCUT2D eigenvalue weighted by molar-refractivity contribution is 0.559. The summed E-state index contributed by atoms with van der Waals surface area (Å²) in [6, 6.07) is 8.89. The van der Waals surface area contributed by atoms with Crippen LogP contribution in [0.1, 0.15) is 24.5 Å². The summed E-state index contributed by atoms with van der Waals surface area (Å²) in [5, 5.41) is 3.38. The zero-order valence-electron chi connectivity index (χ0n) is 8.88. The Labute approximate surface area is 86.5 Å². The predicted octanol–water partition coefficient (Wildman–Crippen LogP) is 2.50. The molecule has 0 bridgehead atoms. The van der Waals surface area contributed by atoms with Crippen molar-refractivity contribution in [1.82, 2.24) is 5.32 Å². The molecule has 14 heavy (non-hydrogen) atoms. The van der Waals surface area contributed by atoms with Crippen LogP contribution in [0.4, 0.5) is 0 Å². The smallest absolute Gasteiger partial charge is 0.0238 e. The van der Waals surface area contributed by atoms with Crippen molar-refractivity contribution >= 4 is 0 Å². The van der Waals surface area contributed by atoms with Gasteiger partial charge in [0.2, 0.25) is 0 Å². The number of rotatable bonds is 4. The number of hydrogen-bond acceptors (Lipinski definition) is 1. The highest BCUT2D eigenvalue weighted by Gasteiger charge is 1.98. The number of benzene rings is 1. The van der Waals surface area contributed by atoms with Gasteiger partial charge in [-0.2, -0.15) is 0 Å². The Bertz CT molecular complexity index is 322. The quantitative estimate of drug-likeness (QED) is 0.714. The van der Waals surface area contributed by atoms with Gasteiger partial charge in [0.25, 0.3) is 0 Å². The average molecular weight is 187 g/mol. The number of terminal acetylenes is 1. The fourth-order valence-corrected chi connectivity index (χ4v) is 1.36. The summed E-state index contributed by atoms with van der Waals surface area (Å²) >= 11 is 0. The van der Waals surface area contributed by atoms with Crippen molar-refractivity contribution in [3.05, 3.63) is 35.4 Å². The number of aryl methyl sites for hydroxylation is 1. The molecule has 0 saturated heterocycles. The van der Waals surface area contributed by atoms with E-state index in [9.17, 15) is 0 Å². The number of hydrogen-bond donors (Lipinski definition) is 1. The van der Waals surface area contributed by atoms with E-state index in [2.05, 4.69) is 49.4 Å². The molecule has 0 radical (unpaired) electrons. The zero-order valence-corrected chi connectivity index (χ0v) is 8.88. The zero-order chi connectivity index (χ0) is 10.4. The number of nitrogens with one attached hydrogen (secondary N) is 1. The van der Waals surface area contributed by atoms with E-state index in [1.54, 1.807) is 0 Å². The van der Waals surface area contributed by atoms with Crippen molar-refractivity contribution in [2.24, 2.45) is 0 Å². The third kappa shape index (κ3) is 3.64. The van der Waals surface area contributed by atoms with Crippen LogP contribution < -0.4 is 5.32 Å². The van der Waals surface area contributed by atoms with Crippen molar-refractivity contribution in [2.75, 3.05) is 0 Å². The standard InChI is InChI=1S/C13H17N/c1-4-6-12(3)14-10-13-8-5-7-11(2)9-13/h1,5,7-9,12,14H,6,10H2,2-3H3. The van der Waals surface area contributed by atoms with Gasteiger partial charge in [0.1, 0.15) is 0 Å². The highest BCUT2D eigenvalue weighted by Crippen LogP contribution is 2.03. The summed E-state index contributed by atoms with van der Waals surface area (Å²) in [6.07, 6.45) is 6.02. The van der Waals surface area contributed by atoms with Crippen LogP contribution in [0.3, 0.4) is 0 Å². The highest BCUT2D eigenvalue weighted by molar-refractivity contribution is 5.22. The summed E-state index contributed by atoms with van der Waals surface area (Å²) in [5.41, 5.74) is 2.61. The van der Waals surface area contributed by atoms with E-state index in [-0.39, 0.29) is 0 Å². The molecule has 0 aliphatic carbocycles. The van der Waals surface area contributed by atoms with Crippen molar-refractivity contribution < 1.29 is 0 Å². The molecule has 1 N–H and O–H groups in total.